The molecule has 5 rings (SSSR count). The fourth-order valence-electron chi connectivity index (χ4n) is 3.67. The first kappa shape index (κ1) is 24.7. The van der Waals surface area contributed by atoms with Gasteiger partial charge in [0.1, 0.15) is 11.5 Å². The average Bonchev–Trinajstić information content (AvgIpc) is 3.52. The summed E-state index contributed by atoms with van der Waals surface area (Å²) in [5, 5.41) is 2.49. The van der Waals surface area contributed by atoms with Crippen molar-refractivity contribution in [1.82, 2.24) is 0 Å². The number of Topliss-reactive ketones (excluding diaryl/α,β-unsaturated/α-hetero) is 1. The molecule has 7 nitrogen and oxygen atoms in total. The highest BCUT2D eigenvalue weighted by Gasteiger charge is 2.37. The van der Waals surface area contributed by atoms with Crippen molar-refractivity contribution in [1.29, 1.82) is 0 Å². The molecule has 0 unspecified atom stereocenters. The average molecular weight is 552 g/mol. The quantitative estimate of drug-likeness (QED) is 0.144. The Morgan fingerprint density at radius 2 is 1.62 bits per heavy atom. The number of amides is 2. The molecule has 0 fully saturated rings. The highest BCUT2D eigenvalue weighted by molar-refractivity contribution is 7.12. The van der Waals surface area contributed by atoms with Crippen LogP contribution in [0.25, 0.3) is 0 Å². The molecule has 1 aliphatic heterocycles. The number of imide groups is 1. The van der Waals surface area contributed by atoms with E-state index in [9.17, 15) is 19.2 Å². The Hall–Kier alpha value is -3.98. The highest BCUT2D eigenvalue weighted by Crippen LogP contribution is 2.36. The minimum atomic E-state index is -0.779. The van der Waals surface area contributed by atoms with Crippen molar-refractivity contribution in [3.05, 3.63) is 110 Å². The first-order valence-corrected chi connectivity index (χ1v) is 12.4. The lowest BCUT2D eigenvalue weighted by Gasteiger charge is -2.16. The van der Waals surface area contributed by atoms with Gasteiger partial charge in [0.2, 0.25) is 5.78 Å². The van der Waals surface area contributed by atoms with Gasteiger partial charge in [0.05, 0.1) is 32.3 Å². The van der Waals surface area contributed by atoms with E-state index in [0.717, 1.165) is 4.90 Å². The molecule has 37 heavy (non-hydrogen) atoms. The number of anilines is 1. The second kappa shape index (κ2) is 10.2. The van der Waals surface area contributed by atoms with Crippen molar-refractivity contribution < 1.29 is 28.7 Å². The van der Waals surface area contributed by atoms with Gasteiger partial charge < -0.3 is 9.47 Å². The molecule has 2 amide bonds. The molecular formula is C27H15Cl2NO6S. The summed E-state index contributed by atoms with van der Waals surface area (Å²) in [7, 11) is 0. The van der Waals surface area contributed by atoms with Crippen molar-refractivity contribution in [2.75, 3.05) is 11.5 Å². The summed E-state index contributed by atoms with van der Waals surface area (Å²) < 4.78 is 10.8. The van der Waals surface area contributed by atoms with E-state index in [1.807, 2.05) is 0 Å². The Bertz CT molecular complexity index is 1550. The van der Waals surface area contributed by atoms with Gasteiger partial charge >= 0.3 is 5.97 Å². The van der Waals surface area contributed by atoms with Crippen molar-refractivity contribution in [2.45, 2.75) is 0 Å². The third kappa shape index (κ3) is 4.99. The van der Waals surface area contributed by atoms with Crippen LogP contribution in [-0.2, 0) is 4.74 Å². The number of ether oxygens (including phenoxy) is 2. The number of nitrogens with zero attached hydrogens (tertiary/aromatic N) is 1. The standard InChI is InChI=1S/C27H15Cl2NO6S/c28-16-4-7-18(8-5-16)36-23-10-6-17(13-21(23)29)30-25(32)19-9-3-15(12-20(19)26(30)33)27(34)35-14-22(31)24-2-1-11-37-24/h1-13H,14H2. The van der Waals surface area contributed by atoms with Crippen molar-refractivity contribution >= 4 is 63.8 Å². The fourth-order valence-corrected chi connectivity index (χ4v) is 4.66. The molecule has 0 N–H and O–H groups in total. The number of ketones is 1. The van der Waals surface area contributed by atoms with E-state index >= 15 is 0 Å². The van der Waals surface area contributed by atoms with Crippen LogP contribution in [-0.4, -0.2) is 30.2 Å². The minimum Gasteiger partial charge on any atom is -0.456 e. The van der Waals surface area contributed by atoms with Gasteiger partial charge in [0.25, 0.3) is 11.8 Å². The Morgan fingerprint density at radius 3 is 2.32 bits per heavy atom. The van der Waals surface area contributed by atoms with Crippen LogP contribution in [0.5, 0.6) is 11.5 Å². The summed E-state index contributed by atoms with van der Waals surface area (Å²) in [5.74, 6) is -1.45. The fraction of sp³-hybridized carbons (Fsp3) is 0.0370. The molecule has 0 saturated heterocycles. The van der Waals surface area contributed by atoms with Crippen LogP contribution in [0.2, 0.25) is 10.0 Å². The summed E-state index contributed by atoms with van der Waals surface area (Å²) in [6.07, 6.45) is 0. The predicted octanol–water partition coefficient (Wildman–Crippen LogP) is 6.69. The topological polar surface area (TPSA) is 90.0 Å². The lowest BCUT2D eigenvalue weighted by atomic mass is 10.1. The maximum atomic E-state index is 13.1. The number of thiophene rings is 1. The molecule has 4 aromatic rings. The molecule has 0 radical (unpaired) electrons. The Morgan fingerprint density at radius 1 is 0.865 bits per heavy atom. The van der Waals surface area contributed by atoms with E-state index in [0.29, 0.717) is 21.4 Å². The Kier molecular flexibility index (Phi) is 6.80. The Labute approximate surface area is 224 Å². The maximum absolute atomic E-state index is 13.1. The molecule has 10 heteroatoms. The first-order valence-electron chi connectivity index (χ1n) is 10.8. The third-order valence-electron chi connectivity index (χ3n) is 5.47. The summed E-state index contributed by atoms with van der Waals surface area (Å²) in [5.41, 5.74) is 0.464. The van der Waals surface area contributed by atoms with E-state index in [1.54, 1.807) is 47.8 Å². The van der Waals surface area contributed by atoms with Crippen molar-refractivity contribution in [3.63, 3.8) is 0 Å². The molecule has 0 saturated carbocycles. The summed E-state index contributed by atoms with van der Waals surface area (Å²) >= 11 is 13.5. The van der Waals surface area contributed by atoms with Gasteiger partial charge in [0.15, 0.2) is 6.61 Å². The number of esters is 1. The molecular weight excluding hydrogens is 537 g/mol. The number of benzene rings is 3. The molecule has 0 atom stereocenters. The van der Waals surface area contributed by atoms with Crippen LogP contribution < -0.4 is 9.64 Å². The van der Waals surface area contributed by atoms with Gasteiger partial charge in [-0.25, -0.2) is 9.69 Å². The third-order valence-corrected chi connectivity index (χ3v) is 6.93. The van der Waals surface area contributed by atoms with Gasteiger partial charge in [-0.2, -0.15) is 0 Å². The lowest BCUT2D eigenvalue weighted by molar-refractivity contribution is 0.0475. The van der Waals surface area contributed by atoms with Crippen LogP contribution in [0.1, 0.15) is 40.7 Å². The molecule has 3 aromatic carbocycles. The van der Waals surface area contributed by atoms with E-state index in [1.165, 1.54) is 41.7 Å². The maximum Gasteiger partial charge on any atom is 0.338 e. The largest absolute Gasteiger partial charge is 0.456 e. The van der Waals surface area contributed by atoms with Crippen molar-refractivity contribution in [3.8, 4) is 11.5 Å². The van der Waals surface area contributed by atoms with E-state index < -0.39 is 24.4 Å². The molecule has 0 spiro atoms. The summed E-state index contributed by atoms with van der Waals surface area (Å²) in [6, 6.07) is 18.6. The number of hydrogen-bond donors (Lipinski definition) is 0. The number of carbonyl (C=O) groups excluding carboxylic acids is 4. The smallest absolute Gasteiger partial charge is 0.338 e. The predicted molar refractivity (Wildman–Crippen MR) is 139 cm³/mol. The SMILES string of the molecule is O=C(OCC(=O)c1cccs1)c1ccc2c(c1)C(=O)N(c1ccc(Oc3ccc(Cl)cc3)c(Cl)c1)C2=O. The number of halogens is 2. The van der Waals surface area contributed by atoms with Gasteiger partial charge in [-0.05, 0) is 72.1 Å². The van der Waals surface area contributed by atoms with E-state index in [4.69, 9.17) is 32.7 Å². The van der Waals surface area contributed by atoms with Crippen LogP contribution in [0.3, 0.4) is 0 Å². The van der Waals surface area contributed by atoms with Crippen LogP contribution >= 0.6 is 34.5 Å². The molecule has 1 aromatic heterocycles. The number of rotatable bonds is 7. The van der Waals surface area contributed by atoms with Crippen molar-refractivity contribution in [2.24, 2.45) is 0 Å². The molecule has 0 bridgehead atoms. The van der Waals surface area contributed by atoms with Gasteiger partial charge in [-0.15, -0.1) is 11.3 Å². The van der Waals surface area contributed by atoms with Gasteiger partial charge in [0, 0.05) is 5.02 Å². The van der Waals surface area contributed by atoms with E-state index in [-0.39, 0.29) is 33.2 Å². The number of carbonyl (C=O) groups is 4. The van der Waals surface area contributed by atoms with Crippen LogP contribution in [0, 0.1) is 0 Å². The van der Waals surface area contributed by atoms with Crippen LogP contribution in [0.15, 0.2) is 78.2 Å². The zero-order chi connectivity index (χ0) is 26.1. The minimum absolute atomic E-state index is 0.0432. The molecule has 184 valence electrons. The molecule has 2 heterocycles. The number of fused-ring (bicyclic) bond motifs is 1. The van der Waals surface area contributed by atoms with Crippen LogP contribution in [0.4, 0.5) is 5.69 Å². The molecule has 0 aliphatic carbocycles. The highest BCUT2D eigenvalue weighted by atomic mass is 35.5. The lowest BCUT2D eigenvalue weighted by Crippen LogP contribution is -2.29. The first-order chi connectivity index (χ1) is 17.8. The second-order valence-electron chi connectivity index (χ2n) is 7.85. The number of hydrogen-bond acceptors (Lipinski definition) is 7. The molecule has 1 aliphatic rings. The van der Waals surface area contributed by atoms with E-state index in [2.05, 4.69) is 0 Å². The Balaban J connectivity index is 1.32. The zero-order valence-corrected chi connectivity index (χ0v) is 21.1. The van der Waals surface area contributed by atoms with Gasteiger partial charge in [-0.1, -0.05) is 29.3 Å². The normalized spacial score (nSPS) is 12.4. The van der Waals surface area contributed by atoms with Gasteiger partial charge in [-0.3, -0.25) is 14.4 Å². The summed E-state index contributed by atoms with van der Waals surface area (Å²) in [6.45, 7) is -0.432. The zero-order valence-electron chi connectivity index (χ0n) is 18.8. The summed E-state index contributed by atoms with van der Waals surface area (Å²) in [4.78, 5) is 52.2. The monoisotopic (exact) mass is 551 g/mol. The second-order valence-corrected chi connectivity index (χ2v) is 9.64.